The van der Waals surface area contributed by atoms with Crippen molar-refractivity contribution < 1.29 is 14.3 Å². The maximum Gasteiger partial charge on any atom is 0.225 e. The van der Waals surface area contributed by atoms with Crippen LogP contribution in [-0.2, 0) is 4.79 Å². The molecule has 2 N–H and O–H groups in total. The van der Waals surface area contributed by atoms with Crippen molar-refractivity contribution >= 4 is 5.91 Å². The van der Waals surface area contributed by atoms with Crippen LogP contribution in [0.3, 0.4) is 0 Å². The van der Waals surface area contributed by atoms with Gasteiger partial charge >= 0.3 is 0 Å². The first-order valence-corrected chi connectivity index (χ1v) is 7.29. The van der Waals surface area contributed by atoms with Crippen molar-refractivity contribution in [1.82, 2.24) is 10.6 Å². The number of rotatable bonds is 5. The third kappa shape index (κ3) is 3.47. The van der Waals surface area contributed by atoms with Crippen LogP contribution in [0.5, 0.6) is 11.5 Å². The van der Waals surface area contributed by atoms with Gasteiger partial charge in [-0.1, -0.05) is 6.92 Å². The zero-order valence-electron chi connectivity index (χ0n) is 13.1. The van der Waals surface area contributed by atoms with Crippen LogP contribution in [0.4, 0.5) is 0 Å². The molecule has 5 nitrogen and oxygen atoms in total. The Hall–Kier alpha value is -1.75. The highest BCUT2D eigenvalue weighted by molar-refractivity contribution is 5.80. The Morgan fingerprint density at radius 1 is 1.33 bits per heavy atom. The van der Waals surface area contributed by atoms with E-state index in [0.717, 1.165) is 30.2 Å². The van der Waals surface area contributed by atoms with Crippen LogP contribution in [0.1, 0.15) is 25.5 Å². The highest BCUT2D eigenvalue weighted by Gasteiger charge is 2.30. The first-order valence-electron chi connectivity index (χ1n) is 7.29. The minimum absolute atomic E-state index is 0.0315. The smallest absolute Gasteiger partial charge is 0.225 e. The molecule has 1 unspecified atom stereocenters. The van der Waals surface area contributed by atoms with Crippen LogP contribution in [0.2, 0.25) is 0 Å². The summed E-state index contributed by atoms with van der Waals surface area (Å²) in [6, 6.07) is 5.48. The summed E-state index contributed by atoms with van der Waals surface area (Å²) in [6.45, 7) is 5.70. The summed E-state index contributed by atoms with van der Waals surface area (Å²) >= 11 is 0. The van der Waals surface area contributed by atoms with Crippen LogP contribution >= 0.6 is 0 Å². The van der Waals surface area contributed by atoms with E-state index in [4.69, 9.17) is 9.47 Å². The quantitative estimate of drug-likeness (QED) is 0.868. The molecule has 5 heteroatoms. The van der Waals surface area contributed by atoms with Crippen molar-refractivity contribution in [2.24, 2.45) is 11.8 Å². The third-order valence-corrected chi connectivity index (χ3v) is 4.12. The maximum atomic E-state index is 12.4. The van der Waals surface area contributed by atoms with Crippen LogP contribution in [0.15, 0.2) is 18.2 Å². The summed E-state index contributed by atoms with van der Waals surface area (Å²) in [4.78, 5) is 12.4. The molecule has 1 amide bonds. The number of amides is 1. The van der Waals surface area contributed by atoms with Gasteiger partial charge in [-0.05, 0) is 37.6 Å². The van der Waals surface area contributed by atoms with E-state index >= 15 is 0 Å². The van der Waals surface area contributed by atoms with Gasteiger partial charge in [-0.3, -0.25) is 4.79 Å². The highest BCUT2D eigenvalue weighted by Crippen LogP contribution is 2.29. The number of benzene rings is 1. The van der Waals surface area contributed by atoms with Gasteiger partial charge in [-0.25, -0.2) is 0 Å². The molecule has 1 aromatic rings. The molecular formula is C16H24N2O3. The Labute approximate surface area is 126 Å². The second-order valence-electron chi connectivity index (χ2n) is 5.58. The predicted octanol–water partition coefficient (Wildman–Crippen LogP) is 1.74. The molecule has 0 aromatic heterocycles. The first kappa shape index (κ1) is 15.6. The zero-order chi connectivity index (χ0) is 15.4. The van der Waals surface area contributed by atoms with Crippen molar-refractivity contribution in [3.05, 3.63) is 23.8 Å². The van der Waals surface area contributed by atoms with Crippen molar-refractivity contribution in [3.63, 3.8) is 0 Å². The normalized spacial score (nSPS) is 22.7. The van der Waals surface area contributed by atoms with E-state index in [1.807, 2.05) is 25.1 Å². The minimum Gasteiger partial charge on any atom is -0.497 e. The van der Waals surface area contributed by atoms with Crippen LogP contribution < -0.4 is 20.1 Å². The van der Waals surface area contributed by atoms with Crippen LogP contribution in [-0.4, -0.2) is 33.2 Å². The van der Waals surface area contributed by atoms with Gasteiger partial charge in [0.1, 0.15) is 11.5 Å². The number of carbonyl (C=O) groups is 1. The molecule has 21 heavy (non-hydrogen) atoms. The fraction of sp³-hybridized carbons (Fsp3) is 0.562. The Morgan fingerprint density at radius 2 is 2.10 bits per heavy atom. The molecule has 116 valence electrons. The Bertz CT molecular complexity index is 504. The molecule has 1 fully saturated rings. The summed E-state index contributed by atoms with van der Waals surface area (Å²) in [5, 5.41) is 6.33. The van der Waals surface area contributed by atoms with E-state index in [0.29, 0.717) is 5.92 Å². The summed E-state index contributed by atoms with van der Waals surface area (Å²) in [5.41, 5.74) is 0.920. The molecule has 1 aromatic carbocycles. The summed E-state index contributed by atoms with van der Waals surface area (Å²) < 4.78 is 10.6. The van der Waals surface area contributed by atoms with Gasteiger partial charge in [0.05, 0.1) is 26.2 Å². The fourth-order valence-electron chi connectivity index (χ4n) is 2.74. The monoisotopic (exact) mass is 292 g/mol. The number of ether oxygens (including phenoxy) is 2. The topological polar surface area (TPSA) is 59.6 Å². The molecule has 2 rings (SSSR count). The fourth-order valence-corrected chi connectivity index (χ4v) is 2.74. The standard InChI is InChI=1S/C16H24N2O3/c1-10-8-17-9-14(10)16(19)18-11(2)13-7-12(20-3)5-6-15(13)21-4/h5-7,10-11,14,17H,8-9H2,1-4H3,(H,18,19)/t10-,11?,14-/m1/s1. The van der Waals surface area contributed by atoms with Gasteiger partial charge < -0.3 is 20.1 Å². The average Bonchev–Trinajstić information content (AvgIpc) is 2.92. The molecule has 0 saturated carbocycles. The molecule has 0 radical (unpaired) electrons. The largest absolute Gasteiger partial charge is 0.497 e. The average molecular weight is 292 g/mol. The first-order chi connectivity index (χ1) is 10.1. The Kier molecular flexibility index (Phi) is 5.07. The van der Waals surface area contributed by atoms with Crippen LogP contribution in [0.25, 0.3) is 0 Å². The zero-order valence-corrected chi connectivity index (χ0v) is 13.1. The lowest BCUT2D eigenvalue weighted by Crippen LogP contribution is -2.36. The molecule has 0 bridgehead atoms. The molecule has 0 aliphatic carbocycles. The van der Waals surface area contributed by atoms with E-state index in [9.17, 15) is 4.79 Å². The lowest BCUT2D eigenvalue weighted by Gasteiger charge is -2.21. The lowest BCUT2D eigenvalue weighted by atomic mass is 9.96. The second kappa shape index (κ2) is 6.80. The number of carbonyl (C=O) groups excluding carboxylic acids is 1. The van der Waals surface area contributed by atoms with E-state index in [-0.39, 0.29) is 17.9 Å². The van der Waals surface area contributed by atoms with Crippen molar-refractivity contribution in [3.8, 4) is 11.5 Å². The number of hydrogen-bond donors (Lipinski definition) is 2. The van der Waals surface area contributed by atoms with Crippen molar-refractivity contribution in [1.29, 1.82) is 0 Å². The predicted molar refractivity (Wildman–Crippen MR) is 81.6 cm³/mol. The molecule has 0 spiro atoms. The second-order valence-corrected chi connectivity index (χ2v) is 5.58. The van der Waals surface area contributed by atoms with E-state index in [2.05, 4.69) is 17.6 Å². The van der Waals surface area contributed by atoms with Gasteiger partial charge in [0, 0.05) is 12.1 Å². The SMILES string of the molecule is COc1ccc(OC)c(C(C)NC(=O)[C@@H]2CNC[C@H]2C)c1. The lowest BCUT2D eigenvalue weighted by molar-refractivity contribution is -0.126. The van der Waals surface area contributed by atoms with Gasteiger partial charge in [-0.15, -0.1) is 0 Å². The van der Waals surface area contributed by atoms with Crippen molar-refractivity contribution in [2.45, 2.75) is 19.9 Å². The summed E-state index contributed by atoms with van der Waals surface area (Å²) in [7, 11) is 3.25. The van der Waals surface area contributed by atoms with Crippen LogP contribution in [0, 0.1) is 11.8 Å². The molecule has 1 aliphatic heterocycles. The minimum atomic E-state index is -0.129. The highest BCUT2D eigenvalue weighted by atomic mass is 16.5. The Morgan fingerprint density at radius 3 is 2.67 bits per heavy atom. The number of hydrogen-bond acceptors (Lipinski definition) is 4. The molecule has 1 aliphatic rings. The van der Waals surface area contributed by atoms with Gasteiger partial charge in [0.25, 0.3) is 0 Å². The molecular weight excluding hydrogens is 268 g/mol. The summed E-state index contributed by atoms with van der Waals surface area (Å²) in [6.07, 6.45) is 0. The molecule has 3 atom stereocenters. The van der Waals surface area contributed by atoms with Gasteiger partial charge in [0.15, 0.2) is 0 Å². The molecule has 1 saturated heterocycles. The van der Waals surface area contributed by atoms with Gasteiger partial charge in [0.2, 0.25) is 5.91 Å². The van der Waals surface area contributed by atoms with Gasteiger partial charge in [-0.2, -0.15) is 0 Å². The van der Waals surface area contributed by atoms with E-state index in [1.165, 1.54) is 0 Å². The van der Waals surface area contributed by atoms with Crippen molar-refractivity contribution in [2.75, 3.05) is 27.3 Å². The Balaban J connectivity index is 2.12. The third-order valence-electron chi connectivity index (χ3n) is 4.12. The van der Waals surface area contributed by atoms with E-state index < -0.39 is 0 Å². The molecule has 1 heterocycles. The number of methoxy groups -OCH3 is 2. The summed E-state index contributed by atoms with van der Waals surface area (Å²) in [5.74, 6) is 1.99. The number of nitrogens with one attached hydrogen (secondary N) is 2. The van der Waals surface area contributed by atoms with E-state index in [1.54, 1.807) is 14.2 Å². The maximum absolute atomic E-state index is 12.4.